The minimum absolute atomic E-state index is 0.000602. The fourth-order valence-electron chi connectivity index (χ4n) is 4.36. The van der Waals surface area contributed by atoms with Gasteiger partial charge in [0.25, 0.3) is 5.91 Å². The van der Waals surface area contributed by atoms with E-state index in [1.165, 1.54) is 30.6 Å². The van der Waals surface area contributed by atoms with E-state index in [0.717, 1.165) is 5.92 Å². The normalized spacial score (nSPS) is 35.5. The van der Waals surface area contributed by atoms with Gasteiger partial charge in [0.05, 0.1) is 5.69 Å². The summed E-state index contributed by atoms with van der Waals surface area (Å²) in [6, 6.07) is 2.06. The van der Waals surface area contributed by atoms with Crippen molar-refractivity contribution in [2.45, 2.75) is 46.1 Å². The van der Waals surface area contributed by atoms with Crippen molar-refractivity contribution in [1.29, 1.82) is 0 Å². The van der Waals surface area contributed by atoms with Gasteiger partial charge in [-0.3, -0.25) is 4.79 Å². The highest BCUT2D eigenvalue weighted by molar-refractivity contribution is 7.12. The molecule has 0 radical (unpaired) electrons. The maximum atomic E-state index is 12.4. The van der Waals surface area contributed by atoms with Crippen LogP contribution < -0.4 is 11.1 Å². The van der Waals surface area contributed by atoms with Crippen molar-refractivity contribution in [1.82, 2.24) is 5.32 Å². The van der Waals surface area contributed by atoms with Crippen molar-refractivity contribution in [3.05, 3.63) is 16.3 Å². The highest BCUT2D eigenvalue weighted by Gasteiger charge is 2.59. The molecule has 3 rings (SSSR count). The summed E-state index contributed by atoms with van der Waals surface area (Å²) >= 11 is 1.42. The molecule has 2 bridgehead atoms. The number of nitrogens with one attached hydrogen (secondary N) is 1. The molecule has 3 unspecified atom stereocenters. The summed E-state index contributed by atoms with van der Waals surface area (Å²) in [6.07, 6.45) is 3.77. The van der Waals surface area contributed by atoms with Gasteiger partial charge in [0.1, 0.15) is 4.88 Å². The minimum atomic E-state index is -0.000602. The van der Waals surface area contributed by atoms with Gasteiger partial charge in [-0.25, -0.2) is 0 Å². The van der Waals surface area contributed by atoms with Gasteiger partial charge in [-0.05, 0) is 47.5 Å². The zero-order valence-electron chi connectivity index (χ0n) is 11.8. The number of thiophene rings is 1. The Labute approximate surface area is 118 Å². The first-order valence-corrected chi connectivity index (χ1v) is 7.86. The number of amides is 1. The Kier molecular flexibility index (Phi) is 2.72. The van der Waals surface area contributed by atoms with Gasteiger partial charge >= 0.3 is 0 Å². The summed E-state index contributed by atoms with van der Waals surface area (Å²) in [5.74, 6) is 0.739. The van der Waals surface area contributed by atoms with E-state index >= 15 is 0 Å². The lowest BCUT2D eigenvalue weighted by Crippen LogP contribution is -2.52. The number of hydrogen-bond acceptors (Lipinski definition) is 3. The predicted octanol–water partition coefficient (Wildman–Crippen LogP) is 3.27. The SMILES string of the molecule is CC12CCC(C1)C(C)(C)C2NC(=O)c1sccc1N. The highest BCUT2D eigenvalue weighted by atomic mass is 32.1. The van der Waals surface area contributed by atoms with Crippen LogP contribution in [0.4, 0.5) is 5.69 Å². The molecule has 3 N–H and O–H groups in total. The molecule has 104 valence electrons. The summed E-state index contributed by atoms with van der Waals surface area (Å²) < 4.78 is 0. The molecule has 1 amide bonds. The molecular weight excluding hydrogens is 256 g/mol. The van der Waals surface area contributed by atoms with Crippen molar-refractivity contribution in [3.8, 4) is 0 Å². The van der Waals surface area contributed by atoms with E-state index in [4.69, 9.17) is 5.73 Å². The monoisotopic (exact) mass is 278 g/mol. The van der Waals surface area contributed by atoms with Crippen molar-refractivity contribution in [3.63, 3.8) is 0 Å². The second-order valence-corrected chi connectivity index (χ2v) is 7.94. The van der Waals surface area contributed by atoms with Gasteiger partial charge in [-0.1, -0.05) is 20.8 Å². The number of carbonyl (C=O) groups excluding carboxylic acids is 1. The smallest absolute Gasteiger partial charge is 0.263 e. The molecule has 0 saturated heterocycles. The van der Waals surface area contributed by atoms with Crippen molar-refractivity contribution >= 4 is 22.9 Å². The number of nitrogens with two attached hydrogens (primary N) is 1. The van der Waals surface area contributed by atoms with Crippen LogP contribution in [0.5, 0.6) is 0 Å². The van der Waals surface area contributed by atoms with Gasteiger partial charge in [-0.15, -0.1) is 11.3 Å². The molecule has 3 atom stereocenters. The Bertz CT molecular complexity index is 517. The van der Waals surface area contributed by atoms with Crippen LogP contribution in [0.25, 0.3) is 0 Å². The topological polar surface area (TPSA) is 55.1 Å². The summed E-state index contributed by atoms with van der Waals surface area (Å²) in [5, 5.41) is 5.15. The van der Waals surface area contributed by atoms with E-state index in [0.29, 0.717) is 10.6 Å². The Balaban J connectivity index is 1.84. The van der Waals surface area contributed by atoms with Crippen molar-refractivity contribution in [2.75, 3.05) is 5.73 Å². The molecule has 2 aliphatic rings. The summed E-state index contributed by atoms with van der Waals surface area (Å²) in [6.45, 7) is 6.92. The maximum absolute atomic E-state index is 12.4. The molecule has 2 fully saturated rings. The third kappa shape index (κ3) is 1.80. The van der Waals surface area contributed by atoms with Crippen LogP contribution in [0.2, 0.25) is 0 Å². The third-order valence-electron chi connectivity index (χ3n) is 5.45. The predicted molar refractivity (Wildman–Crippen MR) is 79.2 cm³/mol. The Morgan fingerprint density at radius 1 is 1.47 bits per heavy atom. The van der Waals surface area contributed by atoms with E-state index in [1.54, 1.807) is 6.07 Å². The Hall–Kier alpha value is -1.03. The zero-order valence-corrected chi connectivity index (χ0v) is 12.6. The van der Waals surface area contributed by atoms with E-state index in [9.17, 15) is 4.79 Å². The second-order valence-electron chi connectivity index (χ2n) is 7.03. The number of fused-ring (bicyclic) bond motifs is 2. The van der Waals surface area contributed by atoms with Gasteiger partial charge in [0, 0.05) is 6.04 Å². The van der Waals surface area contributed by atoms with Crippen LogP contribution in [-0.2, 0) is 0 Å². The second kappa shape index (κ2) is 3.98. The van der Waals surface area contributed by atoms with Crippen LogP contribution in [0, 0.1) is 16.7 Å². The molecule has 0 aromatic carbocycles. The molecule has 0 spiro atoms. The van der Waals surface area contributed by atoms with Gasteiger partial charge in [-0.2, -0.15) is 0 Å². The first-order valence-electron chi connectivity index (χ1n) is 6.98. The van der Waals surface area contributed by atoms with E-state index in [2.05, 4.69) is 26.1 Å². The number of hydrogen-bond donors (Lipinski definition) is 2. The summed E-state index contributed by atoms with van der Waals surface area (Å²) in [5.41, 5.74) is 6.88. The molecule has 3 nitrogen and oxygen atoms in total. The van der Waals surface area contributed by atoms with Crippen LogP contribution in [0.3, 0.4) is 0 Å². The van der Waals surface area contributed by atoms with Gasteiger partial charge in [0.15, 0.2) is 0 Å². The number of nitrogen functional groups attached to an aromatic ring is 1. The standard InChI is InChI=1S/C15H22N2OS/c1-14(2)9-4-6-15(3,8-9)13(14)17-12(18)11-10(16)5-7-19-11/h5,7,9,13H,4,6,8,16H2,1-3H3,(H,17,18). The van der Waals surface area contributed by atoms with E-state index in [-0.39, 0.29) is 22.8 Å². The van der Waals surface area contributed by atoms with E-state index in [1.807, 2.05) is 5.38 Å². The highest BCUT2D eigenvalue weighted by Crippen LogP contribution is 2.62. The molecule has 2 aliphatic carbocycles. The van der Waals surface area contributed by atoms with Crippen LogP contribution in [0.15, 0.2) is 11.4 Å². The zero-order chi connectivity index (χ0) is 13.8. The quantitative estimate of drug-likeness (QED) is 0.872. The van der Waals surface area contributed by atoms with Crippen LogP contribution >= 0.6 is 11.3 Å². The minimum Gasteiger partial charge on any atom is -0.397 e. The molecule has 19 heavy (non-hydrogen) atoms. The number of rotatable bonds is 2. The van der Waals surface area contributed by atoms with Gasteiger partial charge < -0.3 is 11.1 Å². The first-order chi connectivity index (χ1) is 8.84. The average molecular weight is 278 g/mol. The van der Waals surface area contributed by atoms with Crippen LogP contribution in [0.1, 0.15) is 49.7 Å². The van der Waals surface area contributed by atoms with Crippen LogP contribution in [-0.4, -0.2) is 11.9 Å². The fourth-order valence-corrected chi connectivity index (χ4v) is 5.08. The molecule has 1 heterocycles. The maximum Gasteiger partial charge on any atom is 0.263 e. The Morgan fingerprint density at radius 2 is 2.21 bits per heavy atom. The lowest BCUT2D eigenvalue weighted by molar-refractivity contribution is 0.0742. The van der Waals surface area contributed by atoms with Crippen molar-refractivity contribution in [2.24, 2.45) is 16.7 Å². The number of anilines is 1. The first kappa shape index (κ1) is 13.0. The average Bonchev–Trinajstić information content (AvgIpc) is 2.95. The lowest BCUT2D eigenvalue weighted by atomic mass is 9.68. The lowest BCUT2D eigenvalue weighted by Gasteiger charge is -2.43. The van der Waals surface area contributed by atoms with Crippen molar-refractivity contribution < 1.29 is 4.79 Å². The molecule has 1 aromatic heterocycles. The number of carbonyl (C=O) groups is 1. The largest absolute Gasteiger partial charge is 0.397 e. The molecule has 0 aliphatic heterocycles. The summed E-state index contributed by atoms with van der Waals surface area (Å²) in [7, 11) is 0. The fraction of sp³-hybridized carbons (Fsp3) is 0.667. The third-order valence-corrected chi connectivity index (χ3v) is 6.38. The molecular formula is C15H22N2OS. The Morgan fingerprint density at radius 3 is 2.74 bits per heavy atom. The molecule has 4 heteroatoms. The molecule has 1 aromatic rings. The van der Waals surface area contributed by atoms with Gasteiger partial charge in [0.2, 0.25) is 0 Å². The molecule has 2 saturated carbocycles. The van der Waals surface area contributed by atoms with E-state index < -0.39 is 0 Å². The summed E-state index contributed by atoms with van der Waals surface area (Å²) in [4.78, 5) is 13.1.